The third-order valence-electron chi connectivity index (χ3n) is 8.50. The molecule has 0 aliphatic rings. The zero-order chi connectivity index (χ0) is 29.7. The van der Waals surface area contributed by atoms with E-state index in [9.17, 15) is 0 Å². The first-order valence-corrected chi connectivity index (χ1v) is 16.7. The van der Waals surface area contributed by atoms with Crippen molar-refractivity contribution in [2.24, 2.45) is 0 Å². The predicted molar refractivity (Wildman–Crippen MR) is 189 cm³/mol. The van der Waals surface area contributed by atoms with Crippen molar-refractivity contribution in [1.29, 1.82) is 0 Å². The van der Waals surface area contributed by atoms with Crippen molar-refractivity contribution < 1.29 is 0 Å². The smallest absolute Gasteiger partial charge is 0.0544 e. The van der Waals surface area contributed by atoms with Crippen LogP contribution in [0.3, 0.4) is 0 Å². The van der Waals surface area contributed by atoms with Crippen molar-refractivity contribution in [1.82, 2.24) is 15.0 Å². The van der Waals surface area contributed by atoms with E-state index >= 15 is 0 Å². The molecule has 0 saturated carbocycles. The van der Waals surface area contributed by atoms with E-state index in [2.05, 4.69) is 127 Å². The molecule has 0 amide bonds. The largest absolute Gasteiger partial charge is 0.0617 e. The van der Waals surface area contributed by atoms with Gasteiger partial charge in [0.05, 0.1) is 0 Å². The summed E-state index contributed by atoms with van der Waals surface area (Å²) in [5, 5.41) is 7.88. The molecule has 9 rings (SSSR count). The van der Waals surface area contributed by atoms with Crippen molar-refractivity contribution in [2.45, 2.75) is 0 Å². The average Bonchev–Trinajstić information content (AvgIpc) is 3.51. The van der Waals surface area contributed by atoms with Gasteiger partial charge in [-0.1, -0.05) is 42.5 Å². The van der Waals surface area contributed by atoms with Gasteiger partial charge >= 0.3 is 219 Å². The standard InChI is InChI=1S/C41H25N3Se/c1-3-10-26(11-4-1)29-14-9-15-31(24-29)40-42-39(28-12-5-2-6-13-28)43-41(44-40)32-21-22-33-30(25-32)19-18-27-20-23-35-34-16-7-8-17-36(34)45-38(35)37(27)33/h1-25H. The van der Waals surface area contributed by atoms with Gasteiger partial charge in [0.25, 0.3) is 0 Å². The Balaban J connectivity index is 1.23. The second-order valence-corrected chi connectivity index (χ2v) is 13.5. The van der Waals surface area contributed by atoms with Crippen LogP contribution in [0, 0.1) is 0 Å². The number of aromatic nitrogens is 3. The van der Waals surface area contributed by atoms with Crippen LogP contribution in [0.1, 0.15) is 0 Å². The molecule has 2 aromatic heterocycles. The molecule has 0 N–H and O–H groups in total. The fourth-order valence-corrected chi connectivity index (χ4v) is 8.96. The first-order valence-electron chi connectivity index (χ1n) is 15.0. The SMILES string of the molecule is c1ccc(-c2cccc(-c3nc(-c4ccccc4)nc(-c4ccc5c(ccc6ccc7c8ccccc8[se]c7c65)c4)n3)c2)cc1. The van der Waals surface area contributed by atoms with Gasteiger partial charge in [-0.3, -0.25) is 0 Å². The Morgan fingerprint density at radius 3 is 1.73 bits per heavy atom. The minimum absolute atomic E-state index is 0.278. The number of nitrogens with zero attached hydrogens (tertiary/aromatic N) is 3. The van der Waals surface area contributed by atoms with Gasteiger partial charge in [0.1, 0.15) is 0 Å². The predicted octanol–water partition coefficient (Wildman–Crippen LogP) is 10.2. The van der Waals surface area contributed by atoms with Crippen molar-refractivity contribution >= 4 is 55.3 Å². The fourth-order valence-electron chi connectivity index (χ4n) is 6.29. The summed E-state index contributed by atoms with van der Waals surface area (Å²) in [5.74, 6) is 1.99. The van der Waals surface area contributed by atoms with Gasteiger partial charge in [0, 0.05) is 0 Å². The van der Waals surface area contributed by atoms with Gasteiger partial charge < -0.3 is 0 Å². The topological polar surface area (TPSA) is 38.7 Å². The summed E-state index contributed by atoms with van der Waals surface area (Å²) in [6.45, 7) is 0. The fraction of sp³-hybridized carbons (Fsp3) is 0. The summed E-state index contributed by atoms with van der Waals surface area (Å²) >= 11 is 0.278. The maximum absolute atomic E-state index is 5.07. The number of hydrogen-bond acceptors (Lipinski definition) is 3. The number of fused-ring (bicyclic) bond motifs is 7. The summed E-state index contributed by atoms with van der Waals surface area (Å²) in [5.41, 5.74) is 5.19. The molecule has 0 unspecified atom stereocenters. The summed E-state index contributed by atoms with van der Waals surface area (Å²) in [7, 11) is 0. The van der Waals surface area contributed by atoms with E-state index in [-0.39, 0.29) is 14.5 Å². The van der Waals surface area contributed by atoms with Crippen LogP contribution in [0.2, 0.25) is 0 Å². The second-order valence-electron chi connectivity index (χ2n) is 11.3. The number of hydrogen-bond donors (Lipinski definition) is 0. The molecule has 7 aromatic carbocycles. The maximum atomic E-state index is 5.07. The zero-order valence-corrected chi connectivity index (χ0v) is 25.9. The van der Waals surface area contributed by atoms with Crippen LogP contribution in [-0.4, -0.2) is 29.5 Å². The molecule has 210 valence electrons. The molecule has 0 atom stereocenters. The van der Waals surface area contributed by atoms with E-state index in [0.717, 1.165) is 27.8 Å². The third-order valence-corrected chi connectivity index (χ3v) is 11.0. The molecule has 0 aliphatic heterocycles. The van der Waals surface area contributed by atoms with Crippen molar-refractivity contribution in [3.05, 3.63) is 152 Å². The molecule has 0 radical (unpaired) electrons. The van der Waals surface area contributed by atoms with E-state index in [1.807, 2.05) is 24.3 Å². The van der Waals surface area contributed by atoms with Crippen LogP contribution >= 0.6 is 0 Å². The van der Waals surface area contributed by atoms with Crippen molar-refractivity contribution in [3.8, 4) is 45.3 Å². The van der Waals surface area contributed by atoms with Gasteiger partial charge in [-0.05, 0) is 5.56 Å². The Kier molecular flexibility index (Phi) is 6.15. The van der Waals surface area contributed by atoms with Crippen LogP contribution in [0.4, 0.5) is 0 Å². The minimum atomic E-state index is 0.278. The van der Waals surface area contributed by atoms with Crippen molar-refractivity contribution in [3.63, 3.8) is 0 Å². The molecule has 2 heterocycles. The summed E-state index contributed by atoms with van der Waals surface area (Å²) < 4.78 is 2.94. The Hall–Kier alpha value is -5.41. The molecule has 3 nitrogen and oxygen atoms in total. The number of rotatable bonds is 4. The van der Waals surface area contributed by atoms with E-state index in [0.29, 0.717) is 17.5 Å². The van der Waals surface area contributed by atoms with Gasteiger partial charge in [0.2, 0.25) is 0 Å². The molecule has 9 aromatic rings. The quantitative estimate of drug-likeness (QED) is 0.142. The molecule has 0 fully saturated rings. The summed E-state index contributed by atoms with van der Waals surface area (Å²) in [6, 6.07) is 53.6. The Morgan fingerprint density at radius 2 is 0.933 bits per heavy atom. The van der Waals surface area contributed by atoms with Crippen LogP contribution in [0.5, 0.6) is 0 Å². The molecule has 45 heavy (non-hydrogen) atoms. The molecular formula is C41H25N3Se. The van der Waals surface area contributed by atoms with Gasteiger partial charge in [0.15, 0.2) is 0 Å². The summed E-state index contributed by atoms with van der Waals surface area (Å²) in [6.07, 6.45) is 0. The molecule has 0 bridgehead atoms. The molecule has 0 saturated heterocycles. The van der Waals surface area contributed by atoms with E-state index < -0.39 is 0 Å². The first-order chi connectivity index (χ1) is 22.3. The number of benzene rings is 7. The van der Waals surface area contributed by atoms with Crippen LogP contribution in [-0.2, 0) is 0 Å². The van der Waals surface area contributed by atoms with Gasteiger partial charge in [-0.15, -0.1) is 0 Å². The van der Waals surface area contributed by atoms with E-state index in [1.54, 1.807) is 0 Å². The monoisotopic (exact) mass is 639 g/mol. The van der Waals surface area contributed by atoms with E-state index in [1.165, 1.54) is 40.8 Å². The van der Waals surface area contributed by atoms with Gasteiger partial charge in [-0.2, -0.15) is 0 Å². The van der Waals surface area contributed by atoms with Crippen LogP contribution in [0.25, 0.3) is 86.1 Å². The Morgan fingerprint density at radius 1 is 0.356 bits per heavy atom. The third kappa shape index (κ3) is 4.55. The summed E-state index contributed by atoms with van der Waals surface area (Å²) in [4.78, 5) is 15.1. The first kappa shape index (κ1) is 26.0. The Bertz CT molecular complexity index is 2540. The van der Waals surface area contributed by atoms with Gasteiger partial charge in [-0.25, -0.2) is 0 Å². The molecular weight excluding hydrogens is 613 g/mol. The maximum Gasteiger partial charge on any atom is -0.0544 e. The minimum Gasteiger partial charge on any atom is -0.0617 e. The van der Waals surface area contributed by atoms with Crippen LogP contribution < -0.4 is 0 Å². The van der Waals surface area contributed by atoms with E-state index in [4.69, 9.17) is 15.0 Å². The normalized spacial score (nSPS) is 11.6. The van der Waals surface area contributed by atoms with Crippen molar-refractivity contribution in [2.75, 3.05) is 0 Å². The average molecular weight is 639 g/mol. The zero-order valence-electron chi connectivity index (χ0n) is 24.2. The Labute approximate surface area is 266 Å². The molecule has 4 heteroatoms. The molecule has 0 aliphatic carbocycles. The second kappa shape index (κ2) is 10.6. The van der Waals surface area contributed by atoms with Crippen LogP contribution in [0.15, 0.2) is 152 Å². The molecule has 0 spiro atoms.